The molecule has 2 aromatic rings. The van der Waals surface area contributed by atoms with Crippen molar-refractivity contribution in [3.63, 3.8) is 0 Å². The summed E-state index contributed by atoms with van der Waals surface area (Å²) < 4.78 is 4.85. The zero-order chi connectivity index (χ0) is 14.4. The Balaban J connectivity index is -0.000000290. The van der Waals surface area contributed by atoms with E-state index in [0.717, 1.165) is 4.60 Å². The molecule has 0 aliphatic carbocycles. The van der Waals surface area contributed by atoms with Crippen molar-refractivity contribution in [1.82, 2.24) is 19.1 Å². The van der Waals surface area contributed by atoms with Gasteiger partial charge in [0.25, 0.3) is 0 Å². The summed E-state index contributed by atoms with van der Waals surface area (Å²) in [6.45, 7) is 8.33. The molecular weight excluding hydrogens is 342 g/mol. The molecule has 6 heteroatoms. The van der Waals surface area contributed by atoms with Crippen LogP contribution in [0.3, 0.4) is 0 Å². The van der Waals surface area contributed by atoms with Gasteiger partial charge in [-0.25, -0.2) is 9.97 Å². The molecule has 0 unspecified atom stereocenters. The monoisotopic (exact) mass is 371 g/mol. The number of halogens is 1. The van der Waals surface area contributed by atoms with Gasteiger partial charge in [0, 0.05) is 24.5 Å². The van der Waals surface area contributed by atoms with E-state index in [1.165, 1.54) is 0 Å². The molecular formula is C16H30BrN5. The molecule has 2 rings (SSSR count). The standard InChI is InChI=1S/C7H9N3.C6H9BrN2.3CH4/c1-6(2)10-4-7(3-8)9-5-10;1-5(2)9-3-6(7)8-4-9;;;/h4-6H,1-2H3;3-5H,1-2H3;3*1H4. The average Bonchev–Trinajstić information content (AvgIpc) is 2.97. The van der Waals surface area contributed by atoms with Crippen molar-refractivity contribution in [3.05, 3.63) is 35.3 Å². The van der Waals surface area contributed by atoms with E-state index in [9.17, 15) is 0 Å². The van der Waals surface area contributed by atoms with Crippen LogP contribution in [0.5, 0.6) is 0 Å². The van der Waals surface area contributed by atoms with Crippen LogP contribution in [0, 0.1) is 11.3 Å². The maximum Gasteiger partial charge on any atom is 0.158 e. The number of rotatable bonds is 2. The van der Waals surface area contributed by atoms with Gasteiger partial charge in [-0.15, -0.1) is 0 Å². The zero-order valence-corrected chi connectivity index (χ0v) is 13.2. The number of hydrogen-bond donors (Lipinski definition) is 0. The molecule has 0 aliphatic heterocycles. The van der Waals surface area contributed by atoms with Crippen molar-refractivity contribution < 1.29 is 0 Å². The van der Waals surface area contributed by atoms with Crippen LogP contribution in [-0.4, -0.2) is 19.1 Å². The normalized spacial score (nSPS) is 8.82. The molecule has 0 bridgehead atoms. The molecule has 2 heterocycles. The van der Waals surface area contributed by atoms with E-state index in [2.05, 4.69) is 39.7 Å². The Kier molecular flexibility index (Phi) is 13.8. The molecule has 0 saturated heterocycles. The van der Waals surface area contributed by atoms with Crippen molar-refractivity contribution >= 4 is 15.9 Å². The van der Waals surface area contributed by atoms with Crippen LogP contribution in [0.4, 0.5) is 0 Å². The van der Waals surface area contributed by atoms with E-state index >= 15 is 0 Å². The molecule has 22 heavy (non-hydrogen) atoms. The number of nitrogens with zero attached hydrogens (tertiary/aromatic N) is 5. The lowest BCUT2D eigenvalue weighted by Crippen LogP contribution is -1.95. The summed E-state index contributed by atoms with van der Waals surface area (Å²) in [6.07, 6.45) is 7.19. The molecule has 0 aromatic carbocycles. The summed E-state index contributed by atoms with van der Waals surface area (Å²) in [5.41, 5.74) is 0.480. The van der Waals surface area contributed by atoms with E-state index < -0.39 is 0 Å². The van der Waals surface area contributed by atoms with Crippen molar-refractivity contribution in [2.24, 2.45) is 0 Å². The van der Waals surface area contributed by atoms with Crippen LogP contribution in [0.15, 0.2) is 29.7 Å². The lowest BCUT2D eigenvalue weighted by Gasteiger charge is -2.02. The number of hydrogen-bond acceptors (Lipinski definition) is 3. The van der Waals surface area contributed by atoms with Crippen molar-refractivity contribution in [2.45, 2.75) is 62.1 Å². The van der Waals surface area contributed by atoms with Gasteiger partial charge >= 0.3 is 0 Å². The van der Waals surface area contributed by atoms with Gasteiger partial charge in [-0.2, -0.15) is 5.26 Å². The summed E-state index contributed by atoms with van der Waals surface area (Å²) in [5, 5.41) is 8.41. The molecule has 0 atom stereocenters. The third kappa shape index (κ3) is 7.99. The smallest absolute Gasteiger partial charge is 0.158 e. The molecule has 0 amide bonds. The third-order valence-corrected chi connectivity index (χ3v) is 2.89. The van der Waals surface area contributed by atoms with E-state index in [1.807, 2.05) is 41.6 Å². The third-order valence-electron chi connectivity index (χ3n) is 2.48. The van der Waals surface area contributed by atoms with E-state index in [4.69, 9.17) is 5.26 Å². The summed E-state index contributed by atoms with van der Waals surface area (Å²) in [5.74, 6) is 0. The number of nitriles is 1. The average molecular weight is 372 g/mol. The lowest BCUT2D eigenvalue weighted by molar-refractivity contribution is 0.599. The summed E-state index contributed by atoms with van der Waals surface area (Å²) >= 11 is 3.27. The molecule has 0 N–H and O–H groups in total. The van der Waals surface area contributed by atoms with Gasteiger partial charge in [0.2, 0.25) is 0 Å². The summed E-state index contributed by atoms with van der Waals surface area (Å²) in [6, 6.07) is 2.86. The minimum absolute atomic E-state index is 0. The number of imidazole rings is 2. The van der Waals surface area contributed by atoms with Gasteiger partial charge < -0.3 is 9.13 Å². The fourth-order valence-corrected chi connectivity index (χ4v) is 1.60. The first kappa shape index (κ1) is 25.3. The number of aromatic nitrogens is 4. The first-order chi connectivity index (χ1) is 8.93. The first-order valence-electron chi connectivity index (χ1n) is 6.06. The Labute approximate surface area is 144 Å². The van der Waals surface area contributed by atoms with Crippen molar-refractivity contribution in [1.29, 1.82) is 5.26 Å². The van der Waals surface area contributed by atoms with Gasteiger partial charge in [-0.3, -0.25) is 0 Å². The highest BCUT2D eigenvalue weighted by atomic mass is 79.9. The van der Waals surface area contributed by atoms with Gasteiger partial charge in [-0.05, 0) is 43.6 Å². The van der Waals surface area contributed by atoms with Gasteiger partial charge in [0.1, 0.15) is 10.7 Å². The van der Waals surface area contributed by atoms with E-state index in [-0.39, 0.29) is 22.3 Å². The van der Waals surface area contributed by atoms with Crippen molar-refractivity contribution in [3.8, 4) is 6.07 Å². The second kappa shape index (κ2) is 12.0. The quantitative estimate of drug-likeness (QED) is 0.702. The SMILES string of the molecule is C.C.C.CC(C)n1cnc(Br)c1.CC(C)n1cnc(C#N)c1. The maximum absolute atomic E-state index is 8.41. The fraction of sp³-hybridized carbons (Fsp3) is 0.562. The molecule has 2 aromatic heterocycles. The summed E-state index contributed by atoms with van der Waals surface area (Å²) in [4.78, 5) is 7.88. The predicted molar refractivity (Wildman–Crippen MR) is 97.8 cm³/mol. The van der Waals surface area contributed by atoms with Crippen molar-refractivity contribution in [2.75, 3.05) is 0 Å². The van der Waals surface area contributed by atoms with Crippen LogP contribution in [0.25, 0.3) is 0 Å². The van der Waals surface area contributed by atoms with Gasteiger partial charge in [0.05, 0.1) is 12.7 Å². The molecule has 0 saturated carbocycles. The van der Waals surface area contributed by atoms with Crippen LogP contribution in [0.1, 0.15) is 67.8 Å². The molecule has 5 nitrogen and oxygen atoms in total. The molecule has 0 aliphatic rings. The minimum atomic E-state index is 0. The predicted octanol–water partition coefficient (Wildman–Crippen LogP) is 5.47. The fourth-order valence-electron chi connectivity index (χ4n) is 1.27. The topological polar surface area (TPSA) is 59.4 Å². The Morgan fingerprint density at radius 3 is 1.64 bits per heavy atom. The van der Waals surface area contributed by atoms with Crippen LogP contribution < -0.4 is 0 Å². The van der Waals surface area contributed by atoms with Gasteiger partial charge in [0.15, 0.2) is 5.69 Å². The van der Waals surface area contributed by atoms with Crippen LogP contribution in [-0.2, 0) is 0 Å². The molecule has 0 radical (unpaired) electrons. The molecule has 126 valence electrons. The van der Waals surface area contributed by atoms with Crippen LogP contribution in [0.2, 0.25) is 0 Å². The first-order valence-corrected chi connectivity index (χ1v) is 6.86. The highest BCUT2D eigenvalue weighted by Gasteiger charge is 1.98. The van der Waals surface area contributed by atoms with Crippen LogP contribution >= 0.6 is 15.9 Å². The largest absolute Gasteiger partial charge is 0.334 e. The molecule has 0 fully saturated rings. The van der Waals surface area contributed by atoms with E-state index in [1.54, 1.807) is 12.5 Å². The lowest BCUT2D eigenvalue weighted by atomic mass is 10.4. The second-order valence-corrected chi connectivity index (χ2v) is 5.46. The maximum atomic E-state index is 8.41. The molecule has 0 spiro atoms. The highest BCUT2D eigenvalue weighted by Crippen LogP contribution is 2.09. The second-order valence-electron chi connectivity index (χ2n) is 4.65. The highest BCUT2D eigenvalue weighted by molar-refractivity contribution is 9.10. The Morgan fingerprint density at radius 2 is 1.41 bits per heavy atom. The zero-order valence-electron chi connectivity index (χ0n) is 11.6. The van der Waals surface area contributed by atoms with E-state index in [0.29, 0.717) is 17.8 Å². The summed E-state index contributed by atoms with van der Waals surface area (Å²) in [7, 11) is 0. The Hall–Kier alpha value is -1.61. The minimum Gasteiger partial charge on any atom is -0.334 e. The Bertz CT molecular complexity index is 549. The Morgan fingerprint density at radius 1 is 0.955 bits per heavy atom. The van der Waals surface area contributed by atoms with Gasteiger partial charge in [-0.1, -0.05) is 22.3 Å².